The van der Waals surface area contributed by atoms with Gasteiger partial charge in [0, 0.05) is 6.54 Å². The Kier molecular flexibility index (Phi) is 5.56. The fourth-order valence-electron chi connectivity index (χ4n) is 0.539. The van der Waals surface area contributed by atoms with Crippen LogP contribution in [0.5, 0.6) is 0 Å². The van der Waals surface area contributed by atoms with Gasteiger partial charge in [-0.05, 0) is 13.3 Å². The lowest BCUT2D eigenvalue weighted by molar-refractivity contribution is 0.204. The Morgan fingerprint density at radius 1 is 1.73 bits per heavy atom. The van der Waals surface area contributed by atoms with Gasteiger partial charge in [-0.3, -0.25) is 4.99 Å². The van der Waals surface area contributed by atoms with E-state index in [1.54, 1.807) is 6.92 Å². The van der Waals surface area contributed by atoms with Crippen LogP contribution in [0.4, 0.5) is 0 Å². The third-order valence-corrected chi connectivity index (χ3v) is 1.08. The Morgan fingerprint density at radius 3 is 2.82 bits per heavy atom. The van der Waals surface area contributed by atoms with Crippen LogP contribution in [0.25, 0.3) is 0 Å². The van der Waals surface area contributed by atoms with E-state index in [9.17, 15) is 0 Å². The van der Waals surface area contributed by atoms with Crippen molar-refractivity contribution >= 4 is 5.96 Å². The lowest BCUT2D eigenvalue weighted by atomic mass is 10.4. The van der Waals surface area contributed by atoms with Crippen LogP contribution in [0.1, 0.15) is 20.3 Å². The summed E-state index contributed by atoms with van der Waals surface area (Å²) in [6, 6.07) is 0. The van der Waals surface area contributed by atoms with Crippen molar-refractivity contribution in [2.24, 2.45) is 10.7 Å². The molecule has 4 heteroatoms. The second kappa shape index (κ2) is 5.97. The minimum absolute atomic E-state index is 0.364. The van der Waals surface area contributed by atoms with E-state index in [0.29, 0.717) is 12.5 Å². The number of nitrogens with two attached hydrogens (primary N) is 1. The molecular formula is C7H17N3O. The first kappa shape index (κ1) is 10.2. The summed E-state index contributed by atoms with van der Waals surface area (Å²) in [4.78, 5) is 3.89. The smallest absolute Gasteiger partial charge is 0.188 e. The van der Waals surface area contributed by atoms with Crippen LogP contribution in [0.3, 0.4) is 0 Å². The van der Waals surface area contributed by atoms with Crippen LogP contribution >= 0.6 is 0 Å². The molecule has 0 aromatic heterocycles. The van der Waals surface area contributed by atoms with Gasteiger partial charge in [-0.2, -0.15) is 0 Å². The molecule has 0 spiro atoms. The predicted octanol–water partition coefficient (Wildman–Crippen LogP) is -0.318. The normalized spacial score (nSPS) is 14.6. The summed E-state index contributed by atoms with van der Waals surface area (Å²) in [6.45, 7) is 4.92. The fourth-order valence-corrected chi connectivity index (χ4v) is 0.539. The Bertz CT molecular complexity index is 123. The van der Waals surface area contributed by atoms with Gasteiger partial charge in [0.05, 0.1) is 12.6 Å². The standard InChI is InChI=1S/C7H17N3O/c1-3-4-9-7(8)10-5-6(2)11/h6,11H,3-5H2,1-2H3,(H3,8,9,10). The molecule has 0 aromatic rings. The van der Waals surface area contributed by atoms with E-state index >= 15 is 0 Å². The first-order valence-electron chi connectivity index (χ1n) is 3.88. The molecule has 0 aromatic carbocycles. The molecule has 0 aliphatic rings. The lowest BCUT2D eigenvalue weighted by Gasteiger charge is -2.03. The van der Waals surface area contributed by atoms with Gasteiger partial charge in [-0.1, -0.05) is 6.92 Å². The Labute approximate surface area is 67.5 Å². The van der Waals surface area contributed by atoms with Crippen LogP contribution in [-0.2, 0) is 0 Å². The Hall–Kier alpha value is -0.770. The van der Waals surface area contributed by atoms with Crippen LogP contribution < -0.4 is 11.1 Å². The van der Waals surface area contributed by atoms with E-state index in [0.717, 1.165) is 13.0 Å². The van der Waals surface area contributed by atoms with Crippen molar-refractivity contribution in [3.63, 3.8) is 0 Å². The molecule has 4 N–H and O–H groups in total. The number of guanidine groups is 1. The van der Waals surface area contributed by atoms with E-state index in [-0.39, 0.29) is 0 Å². The number of nitrogens with one attached hydrogen (secondary N) is 1. The molecule has 0 bridgehead atoms. The maximum atomic E-state index is 8.84. The van der Waals surface area contributed by atoms with Gasteiger partial charge in [-0.25, -0.2) is 0 Å². The average Bonchev–Trinajstić information content (AvgIpc) is 1.97. The zero-order valence-corrected chi connectivity index (χ0v) is 7.17. The highest BCUT2D eigenvalue weighted by atomic mass is 16.3. The molecule has 0 aliphatic carbocycles. The van der Waals surface area contributed by atoms with Gasteiger partial charge >= 0.3 is 0 Å². The highest BCUT2D eigenvalue weighted by molar-refractivity contribution is 5.77. The molecule has 0 aliphatic heterocycles. The van der Waals surface area contributed by atoms with Gasteiger partial charge in [-0.15, -0.1) is 0 Å². The summed E-state index contributed by atoms with van der Waals surface area (Å²) >= 11 is 0. The monoisotopic (exact) mass is 159 g/mol. The van der Waals surface area contributed by atoms with Crippen molar-refractivity contribution in [2.45, 2.75) is 26.4 Å². The zero-order chi connectivity index (χ0) is 8.69. The number of aliphatic imine (C=N–C) groups is 1. The number of rotatable bonds is 4. The van der Waals surface area contributed by atoms with E-state index in [4.69, 9.17) is 10.8 Å². The molecule has 11 heavy (non-hydrogen) atoms. The third-order valence-electron chi connectivity index (χ3n) is 1.08. The van der Waals surface area contributed by atoms with Gasteiger partial charge < -0.3 is 16.2 Å². The van der Waals surface area contributed by atoms with E-state index in [1.165, 1.54) is 0 Å². The maximum absolute atomic E-state index is 8.84. The van der Waals surface area contributed by atoms with Crippen molar-refractivity contribution < 1.29 is 5.11 Å². The second-order valence-corrected chi connectivity index (χ2v) is 2.50. The van der Waals surface area contributed by atoms with Gasteiger partial charge in [0.25, 0.3) is 0 Å². The minimum Gasteiger partial charge on any atom is -0.391 e. The third kappa shape index (κ3) is 7.12. The number of nitrogens with zero attached hydrogens (tertiary/aromatic N) is 1. The average molecular weight is 159 g/mol. The first-order valence-corrected chi connectivity index (χ1v) is 3.88. The summed E-state index contributed by atoms with van der Waals surface area (Å²) in [7, 11) is 0. The number of hydrogen-bond acceptors (Lipinski definition) is 2. The molecule has 66 valence electrons. The second-order valence-electron chi connectivity index (χ2n) is 2.50. The molecule has 0 rings (SSSR count). The molecule has 0 radical (unpaired) electrons. The molecule has 4 nitrogen and oxygen atoms in total. The van der Waals surface area contributed by atoms with Crippen molar-refractivity contribution in [1.82, 2.24) is 5.32 Å². The highest BCUT2D eigenvalue weighted by Crippen LogP contribution is 1.79. The summed E-state index contributed by atoms with van der Waals surface area (Å²) < 4.78 is 0. The molecule has 0 saturated heterocycles. The molecular weight excluding hydrogens is 142 g/mol. The molecule has 0 heterocycles. The Morgan fingerprint density at radius 2 is 2.36 bits per heavy atom. The summed E-state index contributed by atoms with van der Waals surface area (Å²) in [5.74, 6) is 0.410. The van der Waals surface area contributed by atoms with Crippen LogP contribution in [0, 0.1) is 0 Å². The Balaban J connectivity index is 3.46. The zero-order valence-electron chi connectivity index (χ0n) is 7.17. The SMILES string of the molecule is CCCNC(N)=NCC(C)O. The number of hydrogen-bond donors (Lipinski definition) is 3. The van der Waals surface area contributed by atoms with Gasteiger partial charge in [0.15, 0.2) is 5.96 Å². The van der Waals surface area contributed by atoms with Crippen molar-refractivity contribution in [1.29, 1.82) is 0 Å². The predicted molar refractivity (Wildman–Crippen MR) is 46.5 cm³/mol. The van der Waals surface area contributed by atoms with Crippen LogP contribution in [0.15, 0.2) is 4.99 Å². The first-order chi connectivity index (χ1) is 5.16. The number of aliphatic hydroxyl groups is 1. The molecule has 0 amide bonds. The maximum Gasteiger partial charge on any atom is 0.188 e. The minimum atomic E-state index is -0.419. The summed E-state index contributed by atoms with van der Waals surface area (Å²) in [5.41, 5.74) is 5.44. The van der Waals surface area contributed by atoms with E-state index in [2.05, 4.69) is 17.2 Å². The number of aliphatic hydroxyl groups excluding tert-OH is 1. The largest absolute Gasteiger partial charge is 0.391 e. The topological polar surface area (TPSA) is 70.6 Å². The lowest BCUT2D eigenvalue weighted by Crippen LogP contribution is -2.32. The van der Waals surface area contributed by atoms with E-state index in [1.807, 2.05) is 0 Å². The molecule has 0 saturated carbocycles. The van der Waals surface area contributed by atoms with E-state index < -0.39 is 6.10 Å². The quantitative estimate of drug-likeness (QED) is 0.389. The van der Waals surface area contributed by atoms with Gasteiger partial charge in [0.2, 0.25) is 0 Å². The van der Waals surface area contributed by atoms with Gasteiger partial charge in [0.1, 0.15) is 0 Å². The van der Waals surface area contributed by atoms with Crippen LogP contribution in [0.2, 0.25) is 0 Å². The molecule has 1 unspecified atom stereocenters. The summed E-state index contributed by atoms with van der Waals surface area (Å²) in [6.07, 6.45) is 0.599. The van der Waals surface area contributed by atoms with Crippen molar-refractivity contribution in [2.75, 3.05) is 13.1 Å². The fraction of sp³-hybridized carbons (Fsp3) is 0.857. The van der Waals surface area contributed by atoms with Crippen LogP contribution in [-0.4, -0.2) is 30.3 Å². The highest BCUT2D eigenvalue weighted by Gasteiger charge is 1.93. The van der Waals surface area contributed by atoms with Crippen molar-refractivity contribution in [3.8, 4) is 0 Å². The van der Waals surface area contributed by atoms with Crippen molar-refractivity contribution in [3.05, 3.63) is 0 Å². The summed E-state index contributed by atoms with van der Waals surface area (Å²) in [5, 5.41) is 11.7. The molecule has 0 fully saturated rings. The molecule has 1 atom stereocenters.